The molecule has 1 N–H and O–H groups in total. The average molecular weight is 293 g/mol. The highest BCUT2D eigenvalue weighted by Crippen LogP contribution is 2.36. The summed E-state index contributed by atoms with van der Waals surface area (Å²) in [4.78, 5) is 22.1. The molecule has 0 saturated carbocycles. The minimum Gasteiger partial charge on any atom is -0.481 e. The first-order valence-corrected chi connectivity index (χ1v) is 7.54. The van der Waals surface area contributed by atoms with Crippen LogP contribution in [0.2, 0.25) is 0 Å². The van der Waals surface area contributed by atoms with Crippen molar-refractivity contribution >= 4 is 11.8 Å². The summed E-state index contributed by atoms with van der Waals surface area (Å²) >= 11 is 0. The summed E-state index contributed by atoms with van der Waals surface area (Å²) in [5.41, 5.74) is -0.663. The summed E-state index contributed by atoms with van der Waals surface area (Å²) < 4.78 is 5.39. The van der Waals surface area contributed by atoms with Gasteiger partial charge in [-0.3, -0.25) is 4.79 Å². The van der Waals surface area contributed by atoms with Gasteiger partial charge in [0.05, 0.1) is 12.0 Å². The molecule has 1 aliphatic heterocycles. The summed E-state index contributed by atoms with van der Waals surface area (Å²) in [5, 5.41) is 9.64. The van der Waals surface area contributed by atoms with Crippen LogP contribution in [0.3, 0.4) is 0 Å². The molecule has 6 heteroatoms. The van der Waals surface area contributed by atoms with Crippen LogP contribution in [0, 0.1) is 5.41 Å². The lowest BCUT2D eigenvalue weighted by Gasteiger charge is -2.40. The molecule has 1 fully saturated rings. The van der Waals surface area contributed by atoms with Crippen molar-refractivity contribution in [2.75, 3.05) is 24.6 Å². The molecule has 0 bridgehead atoms. The van der Waals surface area contributed by atoms with Crippen molar-refractivity contribution in [2.24, 2.45) is 5.41 Å². The molecule has 0 aliphatic carbocycles. The number of carboxylic acid groups (broad SMARTS) is 1. The molecule has 116 valence electrons. The van der Waals surface area contributed by atoms with Crippen molar-refractivity contribution in [3.63, 3.8) is 0 Å². The third-order valence-electron chi connectivity index (χ3n) is 4.00. The Balaban J connectivity index is 2.20. The Bertz CT molecular complexity index is 491. The van der Waals surface area contributed by atoms with E-state index < -0.39 is 11.4 Å². The fourth-order valence-electron chi connectivity index (χ4n) is 3.02. The number of piperidine rings is 1. The minimum absolute atomic E-state index is 0.499. The quantitative estimate of drug-likeness (QED) is 0.867. The molecule has 2 rings (SSSR count). The molecular weight excluding hydrogens is 270 g/mol. The lowest BCUT2D eigenvalue weighted by molar-refractivity contribution is -0.150. The molecular formula is C15H23N3O3. The van der Waals surface area contributed by atoms with Gasteiger partial charge in [-0.2, -0.15) is 0 Å². The number of carboxylic acids is 1. The maximum atomic E-state index is 11.7. The summed E-state index contributed by atoms with van der Waals surface area (Å²) in [6.07, 6.45) is 4.63. The summed E-state index contributed by atoms with van der Waals surface area (Å²) in [5.74, 6) is 0.576. The van der Waals surface area contributed by atoms with E-state index in [4.69, 9.17) is 4.74 Å². The Kier molecular flexibility index (Phi) is 4.98. The number of hydrogen-bond acceptors (Lipinski definition) is 5. The maximum absolute atomic E-state index is 11.7. The van der Waals surface area contributed by atoms with Crippen LogP contribution in [0.25, 0.3) is 0 Å². The second-order valence-electron chi connectivity index (χ2n) is 5.51. The molecule has 1 aromatic rings. The largest absolute Gasteiger partial charge is 0.481 e. The fourth-order valence-corrected chi connectivity index (χ4v) is 3.02. The van der Waals surface area contributed by atoms with E-state index in [1.165, 1.54) is 6.33 Å². The van der Waals surface area contributed by atoms with E-state index in [1.54, 1.807) is 6.07 Å². The molecule has 1 aliphatic rings. The molecule has 0 aromatic carbocycles. The van der Waals surface area contributed by atoms with E-state index in [1.807, 2.05) is 18.7 Å². The van der Waals surface area contributed by atoms with Crippen LogP contribution in [0.4, 0.5) is 5.82 Å². The second kappa shape index (κ2) is 6.74. The number of anilines is 1. The zero-order valence-corrected chi connectivity index (χ0v) is 12.7. The molecule has 2 heterocycles. The third-order valence-corrected chi connectivity index (χ3v) is 4.00. The van der Waals surface area contributed by atoms with Crippen LogP contribution in [0.1, 0.15) is 39.5 Å². The van der Waals surface area contributed by atoms with E-state index in [0.717, 1.165) is 31.6 Å². The average Bonchev–Trinajstić information content (AvgIpc) is 2.48. The molecule has 6 nitrogen and oxygen atoms in total. The van der Waals surface area contributed by atoms with Crippen molar-refractivity contribution < 1.29 is 14.6 Å². The van der Waals surface area contributed by atoms with E-state index in [9.17, 15) is 9.90 Å². The van der Waals surface area contributed by atoms with Gasteiger partial charge in [0.1, 0.15) is 12.1 Å². The van der Waals surface area contributed by atoms with Crippen LogP contribution in [0.5, 0.6) is 5.88 Å². The molecule has 1 saturated heterocycles. The Morgan fingerprint density at radius 2 is 2.29 bits per heavy atom. The van der Waals surface area contributed by atoms with Gasteiger partial charge in [-0.05, 0) is 26.2 Å². The van der Waals surface area contributed by atoms with E-state index >= 15 is 0 Å². The van der Waals surface area contributed by atoms with E-state index in [0.29, 0.717) is 25.5 Å². The zero-order chi connectivity index (χ0) is 15.3. The Morgan fingerprint density at radius 3 is 2.95 bits per heavy atom. The Labute approximate surface area is 125 Å². The van der Waals surface area contributed by atoms with Gasteiger partial charge in [0, 0.05) is 19.2 Å². The first-order valence-electron chi connectivity index (χ1n) is 7.54. The normalized spacial score (nSPS) is 22.1. The number of hydrogen-bond donors (Lipinski definition) is 1. The molecule has 21 heavy (non-hydrogen) atoms. The van der Waals surface area contributed by atoms with Gasteiger partial charge in [0.25, 0.3) is 0 Å². The van der Waals surface area contributed by atoms with Crippen LogP contribution in [-0.4, -0.2) is 40.7 Å². The number of aliphatic carboxylic acids is 1. The summed E-state index contributed by atoms with van der Waals surface area (Å²) in [6.45, 7) is 5.80. The summed E-state index contributed by atoms with van der Waals surface area (Å²) in [6, 6.07) is 1.79. The van der Waals surface area contributed by atoms with Crippen molar-refractivity contribution in [3.05, 3.63) is 12.4 Å². The van der Waals surface area contributed by atoms with Crippen LogP contribution >= 0.6 is 0 Å². The Morgan fingerprint density at radius 1 is 1.48 bits per heavy atom. The minimum atomic E-state index is -0.701. The zero-order valence-electron chi connectivity index (χ0n) is 12.7. The third kappa shape index (κ3) is 3.43. The van der Waals surface area contributed by atoms with Gasteiger partial charge in [-0.25, -0.2) is 9.97 Å². The Hall–Kier alpha value is -1.85. The van der Waals surface area contributed by atoms with E-state index in [2.05, 4.69) is 9.97 Å². The molecule has 1 atom stereocenters. The molecule has 1 aromatic heterocycles. The van der Waals surface area contributed by atoms with Gasteiger partial charge < -0.3 is 14.7 Å². The molecule has 0 amide bonds. The highest BCUT2D eigenvalue weighted by molar-refractivity contribution is 5.76. The van der Waals surface area contributed by atoms with Crippen molar-refractivity contribution in [3.8, 4) is 5.88 Å². The monoisotopic (exact) mass is 293 g/mol. The van der Waals surface area contributed by atoms with Crippen LogP contribution < -0.4 is 9.64 Å². The van der Waals surface area contributed by atoms with E-state index in [-0.39, 0.29) is 0 Å². The predicted molar refractivity (Wildman–Crippen MR) is 79.6 cm³/mol. The van der Waals surface area contributed by atoms with Gasteiger partial charge in [-0.15, -0.1) is 0 Å². The van der Waals surface area contributed by atoms with Crippen LogP contribution in [-0.2, 0) is 4.79 Å². The van der Waals surface area contributed by atoms with Gasteiger partial charge >= 0.3 is 5.97 Å². The highest BCUT2D eigenvalue weighted by atomic mass is 16.5. The molecule has 0 radical (unpaired) electrons. The number of ether oxygens (including phenoxy) is 1. The van der Waals surface area contributed by atoms with Gasteiger partial charge in [0.15, 0.2) is 0 Å². The van der Waals surface area contributed by atoms with Gasteiger partial charge in [0.2, 0.25) is 5.88 Å². The van der Waals surface area contributed by atoms with Gasteiger partial charge in [-0.1, -0.05) is 13.3 Å². The number of nitrogens with zero attached hydrogens (tertiary/aromatic N) is 3. The topological polar surface area (TPSA) is 75.5 Å². The van der Waals surface area contributed by atoms with Crippen molar-refractivity contribution in [2.45, 2.75) is 39.5 Å². The van der Waals surface area contributed by atoms with Crippen molar-refractivity contribution in [1.82, 2.24) is 9.97 Å². The predicted octanol–water partition coefficient (Wildman–Crippen LogP) is 2.35. The van der Waals surface area contributed by atoms with Crippen molar-refractivity contribution in [1.29, 1.82) is 0 Å². The lowest BCUT2D eigenvalue weighted by Crippen LogP contribution is -2.48. The molecule has 1 unspecified atom stereocenters. The maximum Gasteiger partial charge on any atom is 0.311 e. The first-order chi connectivity index (χ1) is 10.1. The summed E-state index contributed by atoms with van der Waals surface area (Å²) in [7, 11) is 0. The number of rotatable bonds is 6. The van der Waals surface area contributed by atoms with Crippen LogP contribution in [0.15, 0.2) is 12.4 Å². The number of aromatic nitrogens is 2. The first kappa shape index (κ1) is 15.5. The SMILES string of the molecule is CCCC1(C(=O)O)CCCN(c2cc(OCC)ncn2)C1. The molecule has 0 spiro atoms. The fraction of sp³-hybridized carbons (Fsp3) is 0.667. The number of carbonyl (C=O) groups is 1. The smallest absolute Gasteiger partial charge is 0.311 e. The second-order valence-corrected chi connectivity index (χ2v) is 5.51. The lowest BCUT2D eigenvalue weighted by atomic mass is 9.76. The standard InChI is InChI=1S/C15H23N3O3/c1-3-6-15(14(19)20)7-5-8-18(10-15)12-9-13(21-4-2)17-11-16-12/h9,11H,3-8,10H2,1-2H3,(H,19,20). The highest BCUT2D eigenvalue weighted by Gasteiger charge is 2.41.